The summed E-state index contributed by atoms with van der Waals surface area (Å²) in [7, 11) is 0. The van der Waals surface area contributed by atoms with Crippen molar-refractivity contribution in [1.82, 2.24) is 15.1 Å². The predicted octanol–water partition coefficient (Wildman–Crippen LogP) is 6.06. The monoisotopic (exact) mass is 409 g/mol. The molecule has 1 saturated carbocycles. The molecule has 0 bridgehead atoms. The average Bonchev–Trinajstić information content (AvgIpc) is 2.68. The topological polar surface area (TPSA) is 29.0 Å². The lowest BCUT2D eigenvalue weighted by Crippen LogP contribution is -2.48. The fraction of sp³-hybridized carbons (Fsp3) is 0.615. The van der Waals surface area contributed by atoms with E-state index in [1.54, 1.807) is 12.1 Å². The lowest BCUT2D eigenvalue weighted by atomic mass is 9.56. The van der Waals surface area contributed by atoms with Crippen molar-refractivity contribution in [2.24, 2.45) is 16.7 Å². The van der Waals surface area contributed by atoms with Crippen molar-refractivity contribution in [3.8, 4) is 11.3 Å². The lowest BCUT2D eigenvalue weighted by Gasteiger charge is -2.52. The number of halogens is 1. The van der Waals surface area contributed by atoms with Crippen molar-refractivity contribution in [2.75, 3.05) is 19.6 Å². The molecule has 2 heterocycles. The van der Waals surface area contributed by atoms with E-state index in [1.165, 1.54) is 57.8 Å². The fourth-order valence-corrected chi connectivity index (χ4v) is 5.24. The number of benzene rings is 1. The van der Waals surface area contributed by atoms with Gasteiger partial charge >= 0.3 is 0 Å². The predicted molar refractivity (Wildman–Crippen MR) is 121 cm³/mol. The molecule has 1 aliphatic carbocycles. The summed E-state index contributed by atoms with van der Waals surface area (Å²) in [6.07, 6.45) is 7.70. The number of hydrogen-bond acceptors (Lipinski definition) is 3. The number of hydrogen-bond donors (Lipinski definition) is 0. The molecule has 1 spiro atoms. The molecule has 2 fully saturated rings. The highest BCUT2D eigenvalue weighted by molar-refractivity contribution is 5.62. The van der Waals surface area contributed by atoms with Crippen LogP contribution in [0, 0.1) is 29.5 Å². The van der Waals surface area contributed by atoms with Gasteiger partial charge < -0.3 is 4.90 Å². The van der Waals surface area contributed by atoms with E-state index in [0.29, 0.717) is 10.8 Å². The standard InChI is InChI=1S/C26H36FN3/c1-19-5-6-21(27)16-23(19)24-8-7-22(28-29-24)15-20-17-26(18-20)10-13-30(14-11-26)12-9-25(2,3)4/h5-8,16,20H,9-15,17-18H2,1-4H3. The van der Waals surface area contributed by atoms with Gasteiger partial charge in [0.15, 0.2) is 0 Å². The molecule has 1 aromatic carbocycles. The van der Waals surface area contributed by atoms with Crippen LogP contribution in [0.2, 0.25) is 0 Å². The summed E-state index contributed by atoms with van der Waals surface area (Å²) in [4.78, 5) is 2.67. The van der Waals surface area contributed by atoms with E-state index in [-0.39, 0.29) is 5.82 Å². The van der Waals surface area contributed by atoms with Gasteiger partial charge in [-0.25, -0.2) is 4.39 Å². The molecular formula is C26H36FN3. The Hall–Kier alpha value is -1.81. The van der Waals surface area contributed by atoms with Gasteiger partial charge in [-0.3, -0.25) is 0 Å². The van der Waals surface area contributed by atoms with Crippen molar-refractivity contribution in [3.05, 3.63) is 47.4 Å². The van der Waals surface area contributed by atoms with Crippen molar-refractivity contribution < 1.29 is 4.39 Å². The summed E-state index contributed by atoms with van der Waals surface area (Å²) in [5, 5.41) is 8.85. The molecule has 4 heteroatoms. The minimum Gasteiger partial charge on any atom is -0.303 e. The Labute approximate surface area is 181 Å². The maximum atomic E-state index is 13.6. The molecule has 2 aliphatic rings. The van der Waals surface area contributed by atoms with Gasteiger partial charge in [-0.15, -0.1) is 0 Å². The molecular weight excluding hydrogens is 373 g/mol. The van der Waals surface area contributed by atoms with E-state index in [9.17, 15) is 4.39 Å². The van der Waals surface area contributed by atoms with Gasteiger partial charge in [-0.2, -0.15) is 10.2 Å². The van der Waals surface area contributed by atoms with Crippen LogP contribution in [-0.4, -0.2) is 34.7 Å². The number of nitrogens with zero attached hydrogens (tertiary/aromatic N) is 3. The van der Waals surface area contributed by atoms with Crippen LogP contribution in [0.15, 0.2) is 30.3 Å². The fourth-order valence-electron chi connectivity index (χ4n) is 5.24. The van der Waals surface area contributed by atoms with Crippen molar-refractivity contribution >= 4 is 0 Å². The molecule has 4 rings (SSSR count). The zero-order chi connectivity index (χ0) is 21.4. The van der Waals surface area contributed by atoms with Crippen LogP contribution in [0.1, 0.15) is 64.1 Å². The van der Waals surface area contributed by atoms with Crippen molar-refractivity contribution in [2.45, 2.75) is 66.2 Å². The van der Waals surface area contributed by atoms with Gasteiger partial charge in [0.05, 0.1) is 11.4 Å². The van der Waals surface area contributed by atoms with Crippen LogP contribution in [-0.2, 0) is 6.42 Å². The van der Waals surface area contributed by atoms with Gasteiger partial charge in [0.2, 0.25) is 0 Å². The molecule has 1 saturated heterocycles. The van der Waals surface area contributed by atoms with E-state index in [4.69, 9.17) is 0 Å². The van der Waals surface area contributed by atoms with Crippen LogP contribution in [0.4, 0.5) is 4.39 Å². The molecule has 0 atom stereocenters. The first-order chi connectivity index (χ1) is 14.2. The summed E-state index contributed by atoms with van der Waals surface area (Å²) in [5.74, 6) is 0.507. The minimum absolute atomic E-state index is 0.231. The smallest absolute Gasteiger partial charge is 0.123 e. The Morgan fingerprint density at radius 2 is 1.80 bits per heavy atom. The first kappa shape index (κ1) is 21.4. The average molecular weight is 410 g/mol. The summed E-state index contributed by atoms with van der Waals surface area (Å²) in [5.41, 5.74) is 4.69. The summed E-state index contributed by atoms with van der Waals surface area (Å²) >= 11 is 0. The number of piperidine rings is 1. The van der Waals surface area contributed by atoms with Gasteiger partial charge in [0.1, 0.15) is 5.82 Å². The van der Waals surface area contributed by atoms with Gasteiger partial charge in [0, 0.05) is 5.56 Å². The maximum Gasteiger partial charge on any atom is 0.123 e. The van der Waals surface area contributed by atoms with Crippen LogP contribution in [0.5, 0.6) is 0 Å². The van der Waals surface area contributed by atoms with Crippen LogP contribution in [0.25, 0.3) is 11.3 Å². The molecule has 0 radical (unpaired) electrons. The van der Waals surface area contributed by atoms with Gasteiger partial charge in [-0.05, 0) is 112 Å². The van der Waals surface area contributed by atoms with Crippen LogP contribution >= 0.6 is 0 Å². The molecule has 0 N–H and O–H groups in total. The van der Waals surface area contributed by atoms with Gasteiger partial charge in [0.25, 0.3) is 0 Å². The second kappa shape index (κ2) is 8.37. The molecule has 0 amide bonds. The first-order valence-corrected chi connectivity index (χ1v) is 11.5. The Morgan fingerprint density at radius 1 is 1.07 bits per heavy atom. The highest BCUT2D eigenvalue weighted by Gasteiger charge is 2.45. The maximum absolute atomic E-state index is 13.6. The molecule has 0 unspecified atom stereocenters. The molecule has 2 aromatic rings. The Balaban J connectivity index is 1.26. The van der Waals surface area contributed by atoms with Crippen LogP contribution in [0.3, 0.4) is 0 Å². The first-order valence-electron chi connectivity index (χ1n) is 11.5. The molecule has 30 heavy (non-hydrogen) atoms. The van der Waals surface area contributed by atoms with E-state index in [0.717, 1.165) is 34.9 Å². The number of likely N-dealkylation sites (tertiary alicyclic amines) is 1. The Kier molecular flexibility index (Phi) is 5.98. The second-order valence-corrected chi connectivity index (χ2v) is 11.0. The molecule has 162 valence electrons. The van der Waals surface area contributed by atoms with E-state index in [1.807, 2.05) is 13.0 Å². The third-order valence-corrected chi connectivity index (χ3v) is 7.23. The van der Waals surface area contributed by atoms with Crippen LogP contribution < -0.4 is 0 Å². The summed E-state index contributed by atoms with van der Waals surface area (Å²) < 4.78 is 13.6. The normalized spacial score (nSPS) is 19.8. The van der Waals surface area contributed by atoms with E-state index >= 15 is 0 Å². The summed E-state index contributed by atoms with van der Waals surface area (Å²) in [6, 6.07) is 8.90. The molecule has 1 aromatic heterocycles. The highest BCUT2D eigenvalue weighted by atomic mass is 19.1. The summed E-state index contributed by atoms with van der Waals surface area (Å²) in [6.45, 7) is 12.8. The van der Waals surface area contributed by atoms with Crippen molar-refractivity contribution in [1.29, 1.82) is 0 Å². The zero-order valence-electron chi connectivity index (χ0n) is 19.0. The number of rotatable bonds is 5. The molecule has 1 aliphatic heterocycles. The SMILES string of the molecule is Cc1ccc(F)cc1-c1ccc(CC2CC3(CCN(CCC(C)(C)C)CC3)C2)nn1. The largest absolute Gasteiger partial charge is 0.303 e. The Morgan fingerprint density at radius 3 is 2.43 bits per heavy atom. The zero-order valence-corrected chi connectivity index (χ0v) is 19.0. The second-order valence-electron chi connectivity index (χ2n) is 11.0. The minimum atomic E-state index is -0.231. The lowest BCUT2D eigenvalue weighted by molar-refractivity contribution is -0.0149. The number of aromatic nitrogens is 2. The third-order valence-electron chi connectivity index (χ3n) is 7.23. The number of aryl methyl sites for hydroxylation is 1. The van der Waals surface area contributed by atoms with E-state index < -0.39 is 0 Å². The Bertz CT molecular complexity index is 853. The highest BCUT2D eigenvalue weighted by Crippen LogP contribution is 2.53. The quantitative estimate of drug-likeness (QED) is 0.601. The van der Waals surface area contributed by atoms with Crippen molar-refractivity contribution in [3.63, 3.8) is 0 Å². The van der Waals surface area contributed by atoms with Gasteiger partial charge in [-0.1, -0.05) is 26.8 Å². The molecule has 3 nitrogen and oxygen atoms in total. The third kappa shape index (κ3) is 5.08. The van der Waals surface area contributed by atoms with E-state index in [2.05, 4.69) is 41.9 Å².